The van der Waals surface area contributed by atoms with Crippen molar-refractivity contribution in [3.8, 4) is 0 Å². The van der Waals surface area contributed by atoms with Gasteiger partial charge in [-0.2, -0.15) is 0 Å². The fraction of sp³-hybridized carbons (Fsp3) is 0.923. The Morgan fingerprint density at radius 3 is 1.60 bits per heavy atom. The molecule has 0 spiro atoms. The Morgan fingerprint density at radius 1 is 0.633 bits per heavy atom. The molecule has 0 rings (SSSR count). The lowest BCUT2D eigenvalue weighted by atomic mass is 9.85. The second-order valence-electron chi connectivity index (χ2n) is 10.3. The summed E-state index contributed by atoms with van der Waals surface area (Å²) in [5.74, 6) is 1.11. The van der Waals surface area contributed by atoms with Crippen LogP contribution in [0.5, 0.6) is 0 Å². The van der Waals surface area contributed by atoms with Gasteiger partial charge in [-0.3, -0.25) is 9.59 Å². The highest BCUT2D eigenvalue weighted by molar-refractivity contribution is 5.80. The monoisotopic (exact) mass is 426 g/mol. The Morgan fingerprint density at radius 2 is 1.13 bits per heavy atom. The van der Waals surface area contributed by atoms with Crippen LogP contribution in [0.3, 0.4) is 0 Å². The third kappa shape index (κ3) is 16.7. The molecule has 4 heteroatoms. The third-order valence-electron chi connectivity index (χ3n) is 5.58. The molecular weight excluding hydrogens is 376 g/mol. The number of rotatable bonds is 18. The quantitative estimate of drug-likeness (QED) is 0.172. The van der Waals surface area contributed by atoms with Gasteiger partial charge in [0.1, 0.15) is 0 Å². The molecule has 2 atom stereocenters. The van der Waals surface area contributed by atoms with Gasteiger partial charge in [0.25, 0.3) is 0 Å². The van der Waals surface area contributed by atoms with Crippen LogP contribution in [-0.4, -0.2) is 25.2 Å². The predicted molar refractivity (Wildman–Crippen MR) is 125 cm³/mol. The average molecular weight is 427 g/mol. The smallest absolute Gasteiger partial charge is 0.309 e. The number of carbonyl (C=O) groups is 2. The first-order valence-electron chi connectivity index (χ1n) is 12.5. The summed E-state index contributed by atoms with van der Waals surface area (Å²) in [6, 6.07) is 0. The molecule has 0 bridgehead atoms. The van der Waals surface area contributed by atoms with Crippen molar-refractivity contribution in [3.63, 3.8) is 0 Å². The number of carbonyl (C=O) groups excluding carboxylic acids is 2. The zero-order valence-corrected chi connectivity index (χ0v) is 21.0. The van der Waals surface area contributed by atoms with E-state index in [9.17, 15) is 9.59 Å². The molecule has 0 N–H and O–H groups in total. The van der Waals surface area contributed by atoms with Crippen molar-refractivity contribution >= 4 is 11.9 Å². The van der Waals surface area contributed by atoms with Gasteiger partial charge in [0, 0.05) is 0 Å². The van der Waals surface area contributed by atoms with E-state index in [1.807, 2.05) is 6.92 Å². The molecule has 0 aromatic rings. The Kier molecular flexibility index (Phi) is 17.0. The number of esters is 2. The van der Waals surface area contributed by atoms with E-state index in [1.54, 1.807) is 0 Å². The molecule has 0 amide bonds. The highest BCUT2D eigenvalue weighted by Crippen LogP contribution is 2.25. The molecule has 0 aliphatic rings. The van der Waals surface area contributed by atoms with E-state index in [-0.39, 0.29) is 24.3 Å². The number of unbranched alkanes of at least 4 members (excludes halogenated alkanes) is 4. The highest BCUT2D eigenvalue weighted by atomic mass is 16.5. The minimum absolute atomic E-state index is 0.108. The maximum atomic E-state index is 12.7. The van der Waals surface area contributed by atoms with Crippen LogP contribution < -0.4 is 0 Å². The zero-order chi connectivity index (χ0) is 22.9. The molecular formula is C26H50O4. The predicted octanol–water partition coefficient (Wildman–Crippen LogP) is 7.19. The SMILES string of the molecule is CC(C)CCCCCOC(=O)CC(C(=O)OCCCCCC(C)C)C(C)CC(C)C. The second-order valence-corrected chi connectivity index (χ2v) is 10.3. The van der Waals surface area contributed by atoms with Crippen molar-refractivity contribution in [3.05, 3.63) is 0 Å². The van der Waals surface area contributed by atoms with E-state index in [2.05, 4.69) is 41.5 Å². The summed E-state index contributed by atoms with van der Waals surface area (Å²) in [6.07, 6.45) is 9.75. The van der Waals surface area contributed by atoms with Crippen LogP contribution in [0, 0.1) is 29.6 Å². The zero-order valence-electron chi connectivity index (χ0n) is 21.0. The molecule has 0 saturated carbocycles. The van der Waals surface area contributed by atoms with Gasteiger partial charge in [-0.1, -0.05) is 87.0 Å². The van der Waals surface area contributed by atoms with Gasteiger partial charge in [0.15, 0.2) is 0 Å². The van der Waals surface area contributed by atoms with Crippen LogP contribution in [0.25, 0.3) is 0 Å². The minimum atomic E-state index is -0.406. The van der Waals surface area contributed by atoms with Gasteiger partial charge in [-0.05, 0) is 42.9 Å². The molecule has 0 heterocycles. The van der Waals surface area contributed by atoms with E-state index >= 15 is 0 Å². The number of ether oxygens (including phenoxy) is 2. The summed E-state index contributed by atoms with van der Waals surface area (Å²) in [4.78, 5) is 25.0. The molecule has 0 aliphatic carbocycles. The number of hydrogen-bond donors (Lipinski definition) is 0. The number of hydrogen-bond acceptors (Lipinski definition) is 4. The molecule has 30 heavy (non-hydrogen) atoms. The van der Waals surface area contributed by atoms with Crippen molar-refractivity contribution in [2.45, 2.75) is 113 Å². The highest BCUT2D eigenvalue weighted by Gasteiger charge is 2.30. The van der Waals surface area contributed by atoms with E-state index in [1.165, 1.54) is 25.7 Å². The van der Waals surface area contributed by atoms with Crippen LogP contribution in [0.2, 0.25) is 0 Å². The minimum Gasteiger partial charge on any atom is -0.466 e. The van der Waals surface area contributed by atoms with Gasteiger partial charge in [0.05, 0.1) is 25.6 Å². The Labute approximate surface area is 186 Å². The Bertz CT molecular complexity index is 442. The van der Waals surface area contributed by atoms with Crippen molar-refractivity contribution < 1.29 is 19.1 Å². The first kappa shape index (κ1) is 28.9. The summed E-state index contributed by atoms with van der Waals surface area (Å²) >= 11 is 0. The van der Waals surface area contributed by atoms with E-state index < -0.39 is 5.92 Å². The van der Waals surface area contributed by atoms with Crippen LogP contribution >= 0.6 is 0 Å². The molecule has 4 nitrogen and oxygen atoms in total. The molecule has 0 aromatic heterocycles. The molecule has 0 aromatic carbocycles. The van der Waals surface area contributed by atoms with Crippen molar-refractivity contribution in [1.29, 1.82) is 0 Å². The molecule has 0 radical (unpaired) electrons. The maximum Gasteiger partial charge on any atom is 0.309 e. The van der Waals surface area contributed by atoms with E-state index in [0.29, 0.717) is 19.1 Å². The first-order valence-corrected chi connectivity index (χ1v) is 12.5. The molecule has 0 saturated heterocycles. The molecule has 0 aliphatic heterocycles. The lowest BCUT2D eigenvalue weighted by Gasteiger charge is -2.23. The van der Waals surface area contributed by atoms with Crippen LogP contribution in [0.1, 0.15) is 113 Å². The van der Waals surface area contributed by atoms with Crippen molar-refractivity contribution in [1.82, 2.24) is 0 Å². The van der Waals surface area contributed by atoms with E-state index in [0.717, 1.165) is 43.9 Å². The fourth-order valence-electron chi connectivity index (χ4n) is 3.79. The topological polar surface area (TPSA) is 52.6 Å². The summed E-state index contributed by atoms with van der Waals surface area (Å²) in [6.45, 7) is 16.1. The summed E-state index contributed by atoms with van der Waals surface area (Å²) in [5.41, 5.74) is 0. The lowest BCUT2D eigenvalue weighted by Crippen LogP contribution is -2.29. The van der Waals surface area contributed by atoms with Crippen molar-refractivity contribution in [2.75, 3.05) is 13.2 Å². The summed E-state index contributed by atoms with van der Waals surface area (Å²) in [5, 5.41) is 0. The van der Waals surface area contributed by atoms with Crippen LogP contribution in [-0.2, 0) is 19.1 Å². The van der Waals surface area contributed by atoms with Gasteiger partial charge in [0.2, 0.25) is 0 Å². The third-order valence-corrected chi connectivity index (χ3v) is 5.58. The second kappa shape index (κ2) is 17.6. The standard InChI is InChI=1S/C26H50O4/c1-20(2)14-10-8-12-16-29-25(27)19-24(23(7)18-22(5)6)26(28)30-17-13-9-11-15-21(3)4/h20-24H,8-19H2,1-7H3. The van der Waals surface area contributed by atoms with Gasteiger partial charge >= 0.3 is 11.9 Å². The maximum absolute atomic E-state index is 12.7. The normalized spacial score (nSPS) is 13.7. The Balaban J connectivity index is 4.38. The largest absolute Gasteiger partial charge is 0.466 e. The summed E-state index contributed by atoms with van der Waals surface area (Å²) in [7, 11) is 0. The molecule has 0 fully saturated rings. The summed E-state index contributed by atoms with van der Waals surface area (Å²) < 4.78 is 11.0. The van der Waals surface area contributed by atoms with Gasteiger partial charge < -0.3 is 9.47 Å². The average Bonchev–Trinajstić information content (AvgIpc) is 2.64. The molecule has 178 valence electrons. The van der Waals surface area contributed by atoms with Crippen molar-refractivity contribution in [2.24, 2.45) is 29.6 Å². The van der Waals surface area contributed by atoms with Crippen LogP contribution in [0.15, 0.2) is 0 Å². The Hall–Kier alpha value is -1.06. The molecule has 2 unspecified atom stereocenters. The van der Waals surface area contributed by atoms with Gasteiger partial charge in [-0.25, -0.2) is 0 Å². The van der Waals surface area contributed by atoms with Gasteiger partial charge in [-0.15, -0.1) is 0 Å². The van der Waals surface area contributed by atoms with Crippen LogP contribution in [0.4, 0.5) is 0 Å². The fourth-order valence-corrected chi connectivity index (χ4v) is 3.79. The first-order chi connectivity index (χ1) is 14.1. The van der Waals surface area contributed by atoms with E-state index in [4.69, 9.17) is 9.47 Å². The lowest BCUT2D eigenvalue weighted by molar-refractivity contribution is -0.157.